The molecule has 0 N–H and O–H groups in total. The Balaban J connectivity index is 4.25. The normalized spacial score (nSPS) is 12.5. The van der Waals surface area contributed by atoms with Gasteiger partial charge in [-0.25, -0.2) is 0 Å². The van der Waals surface area contributed by atoms with Gasteiger partial charge in [-0.05, 0) is 109 Å². The second kappa shape index (κ2) is 60.4. The summed E-state index contributed by atoms with van der Waals surface area (Å²) >= 11 is 0. The zero-order chi connectivity index (χ0) is 52.2. The van der Waals surface area contributed by atoms with E-state index in [1.54, 1.807) is 0 Å². The topological polar surface area (TPSA) is 78.9 Å². The van der Waals surface area contributed by atoms with Crippen LogP contribution in [-0.4, -0.2) is 37.2 Å². The monoisotopic (exact) mass is 1000 g/mol. The molecule has 0 aliphatic rings. The number of esters is 3. The Kier molecular flexibility index (Phi) is 57.8. The van der Waals surface area contributed by atoms with E-state index < -0.39 is 6.10 Å². The number of carbonyl (C=O) groups is 3. The second-order valence-corrected chi connectivity index (χ2v) is 20.6. The van der Waals surface area contributed by atoms with Gasteiger partial charge in [-0.15, -0.1) is 0 Å². The van der Waals surface area contributed by atoms with Crippen molar-refractivity contribution in [2.24, 2.45) is 0 Å². The van der Waals surface area contributed by atoms with Crippen LogP contribution in [0.3, 0.4) is 0 Å². The lowest BCUT2D eigenvalue weighted by atomic mass is 10.0. The van der Waals surface area contributed by atoms with E-state index in [-0.39, 0.29) is 31.1 Å². The average molecular weight is 1010 g/mol. The van der Waals surface area contributed by atoms with Crippen molar-refractivity contribution < 1.29 is 28.6 Å². The molecule has 0 aromatic heterocycles. The molecule has 416 valence electrons. The fraction of sp³-hybridized carbons (Fsp3) is 0.773. The maximum Gasteiger partial charge on any atom is 0.306 e. The smallest absolute Gasteiger partial charge is 0.306 e. The number of allylic oxidation sites excluding steroid dienone is 12. The summed E-state index contributed by atoms with van der Waals surface area (Å²) in [6, 6.07) is 0. The van der Waals surface area contributed by atoms with E-state index >= 15 is 0 Å². The summed E-state index contributed by atoms with van der Waals surface area (Å²) in [5.74, 6) is -0.899. The molecule has 0 heterocycles. The third-order valence-electron chi connectivity index (χ3n) is 13.4. The van der Waals surface area contributed by atoms with Gasteiger partial charge in [0, 0.05) is 19.3 Å². The second-order valence-electron chi connectivity index (χ2n) is 20.6. The van der Waals surface area contributed by atoms with Crippen molar-refractivity contribution in [1.29, 1.82) is 0 Å². The first-order valence-corrected chi connectivity index (χ1v) is 30.9. The summed E-state index contributed by atoms with van der Waals surface area (Å²) in [4.78, 5) is 38.2. The molecule has 0 radical (unpaired) electrons. The van der Waals surface area contributed by atoms with Crippen LogP contribution in [0.1, 0.15) is 310 Å². The highest BCUT2D eigenvalue weighted by Gasteiger charge is 2.19. The largest absolute Gasteiger partial charge is 0.462 e. The van der Waals surface area contributed by atoms with Crippen molar-refractivity contribution in [3.05, 3.63) is 72.9 Å². The van der Waals surface area contributed by atoms with E-state index in [4.69, 9.17) is 14.2 Å². The molecule has 0 aromatic carbocycles. The van der Waals surface area contributed by atoms with Crippen LogP contribution in [0.5, 0.6) is 0 Å². The highest BCUT2D eigenvalue weighted by molar-refractivity contribution is 5.71. The van der Waals surface area contributed by atoms with Crippen molar-refractivity contribution in [2.75, 3.05) is 13.2 Å². The molecule has 0 rings (SSSR count). The molecule has 0 saturated heterocycles. The van der Waals surface area contributed by atoms with E-state index in [1.807, 2.05) is 0 Å². The van der Waals surface area contributed by atoms with Crippen molar-refractivity contribution in [2.45, 2.75) is 316 Å². The Morgan fingerprint density at radius 3 is 0.847 bits per heavy atom. The van der Waals surface area contributed by atoms with Crippen LogP contribution in [-0.2, 0) is 28.6 Å². The third-order valence-corrected chi connectivity index (χ3v) is 13.4. The fourth-order valence-corrected chi connectivity index (χ4v) is 8.70. The summed E-state index contributed by atoms with van der Waals surface area (Å²) in [6.45, 7) is 6.57. The predicted molar refractivity (Wildman–Crippen MR) is 311 cm³/mol. The Bertz CT molecular complexity index is 1340. The summed E-state index contributed by atoms with van der Waals surface area (Å²) in [6.07, 6.45) is 77.6. The van der Waals surface area contributed by atoms with Gasteiger partial charge in [0.15, 0.2) is 6.10 Å². The molecule has 0 saturated carbocycles. The maximum atomic E-state index is 12.8. The van der Waals surface area contributed by atoms with Crippen molar-refractivity contribution >= 4 is 17.9 Å². The van der Waals surface area contributed by atoms with Crippen molar-refractivity contribution in [3.63, 3.8) is 0 Å². The lowest BCUT2D eigenvalue weighted by molar-refractivity contribution is -0.167. The van der Waals surface area contributed by atoms with E-state index in [2.05, 4.69) is 93.7 Å². The van der Waals surface area contributed by atoms with Gasteiger partial charge in [0.05, 0.1) is 0 Å². The van der Waals surface area contributed by atoms with Gasteiger partial charge in [-0.2, -0.15) is 0 Å². The van der Waals surface area contributed by atoms with Crippen molar-refractivity contribution in [3.8, 4) is 0 Å². The Morgan fingerprint density at radius 2 is 0.514 bits per heavy atom. The minimum absolute atomic E-state index is 0.0836. The van der Waals surface area contributed by atoms with Gasteiger partial charge in [-0.3, -0.25) is 14.4 Å². The quantitative estimate of drug-likeness (QED) is 0.0261. The molecule has 6 heteroatoms. The summed E-state index contributed by atoms with van der Waals surface area (Å²) in [5, 5.41) is 0. The average Bonchev–Trinajstić information content (AvgIpc) is 3.38. The molecule has 0 bridgehead atoms. The number of carbonyl (C=O) groups excluding carboxylic acids is 3. The zero-order valence-corrected chi connectivity index (χ0v) is 47.7. The van der Waals surface area contributed by atoms with Crippen LogP contribution in [0, 0.1) is 0 Å². The lowest BCUT2D eigenvalue weighted by Crippen LogP contribution is -2.30. The first kappa shape index (κ1) is 68.8. The number of hydrogen-bond donors (Lipinski definition) is 0. The van der Waals surface area contributed by atoms with Crippen LogP contribution < -0.4 is 0 Å². The first-order valence-electron chi connectivity index (χ1n) is 30.9. The number of rotatable bonds is 56. The van der Waals surface area contributed by atoms with Crippen molar-refractivity contribution in [1.82, 2.24) is 0 Å². The molecule has 72 heavy (non-hydrogen) atoms. The van der Waals surface area contributed by atoms with Crippen LogP contribution in [0.25, 0.3) is 0 Å². The summed E-state index contributed by atoms with van der Waals surface area (Å²) in [5.41, 5.74) is 0. The molecule has 0 aliphatic carbocycles. The molecule has 6 nitrogen and oxygen atoms in total. The SMILES string of the molecule is CCCC/C=C\C/C=C\CCCCCCCC(=O)OC(COC(=O)CCCCCCC/C=C\CCCCCC)COC(=O)CCCCCCCCCCCCCC/C=C\C/C=C\C/C=C\CCCCCCC. The maximum absolute atomic E-state index is 12.8. The molecule has 0 aromatic rings. The van der Waals surface area contributed by atoms with Gasteiger partial charge in [0.25, 0.3) is 0 Å². The number of ether oxygens (including phenoxy) is 3. The minimum Gasteiger partial charge on any atom is -0.462 e. The summed E-state index contributed by atoms with van der Waals surface area (Å²) in [7, 11) is 0. The van der Waals surface area contributed by atoms with E-state index in [0.29, 0.717) is 19.3 Å². The van der Waals surface area contributed by atoms with E-state index in [0.717, 1.165) is 103 Å². The molecular weight excluding hydrogens is 889 g/mol. The van der Waals surface area contributed by atoms with Crippen LogP contribution in [0.15, 0.2) is 72.9 Å². The van der Waals surface area contributed by atoms with E-state index in [9.17, 15) is 14.4 Å². The molecule has 0 aliphatic heterocycles. The molecule has 0 amide bonds. The minimum atomic E-state index is -0.787. The standard InChI is InChI=1S/C66H116O6/c1-4-7-10-13-16-19-22-25-27-28-29-30-31-32-33-34-35-36-37-38-39-42-44-47-50-53-56-59-65(68)71-62-63(61-70-64(67)58-55-52-49-46-43-40-24-21-18-15-12-9-6-3)72-66(69)60-57-54-51-48-45-41-26-23-20-17-14-11-8-5-2/h14,17,21-26,28-29,31-32,63H,4-13,15-16,18-20,27,30,33-62H2,1-3H3/b17-14-,24-21-,25-22-,26-23-,29-28-,32-31-. The predicted octanol–water partition coefficient (Wildman–Crippen LogP) is 20.9. The molecule has 1 atom stereocenters. The van der Waals surface area contributed by atoms with Crippen LogP contribution in [0.4, 0.5) is 0 Å². The van der Waals surface area contributed by atoms with Gasteiger partial charge in [-0.1, -0.05) is 254 Å². The number of hydrogen-bond acceptors (Lipinski definition) is 6. The third kappa shape index (κ3) is 57.7. The van der Waals surface area contributed by atoms with Gasteiger partial charge < -0.3 is 14.2 Å². The molecule has 1 unspecified atom stereocenters. The fourth-order valence-electron chi connectivity index (χ4n) is 8.70. The molecule has 0 spiro atoms. The highest BCUT2D eigenvalue weighted by atomic mass is 16.6. The zero-order valence-electron chi connectivity index (χ0n) is 47.7. The van der Waals surface area contributed by atoms with Crippen LogP contribution in [0.2, 0.25) is 0 Å². The Labute approximate surface area is 446 Å². The van der Waals surface area contributed by atoms with Gasteiger partial charge in [0.2, 0.25) is 0 Å². The number of unbranched alkanes of at least 4 members (excludes halogenated alkanes) is 33. The highest BCUT2D eigenvalue weighted by Crippen LogP contribution is 2.16. The molecular formula is C66H116O6. The first-order chi connectivity index (χ1) is 35.5. The summed E-state index contributed by atoms with van der Waals surface area (Å²) < 4.78 is 16.9. The van der Waals surface area contributed by atoms with Gasteiger partial charge >= 0.3 is 17.9 Å². The van der Waals surface area contributed by atoms with E-state index in [1.165, 1.54) is 167 Å². The van der Waals surface area contributed by atoms with Crippen LogP contribution >= 0.6 is 0 Å². The Hall–Kier alpha value is -3.15. The molecule has 0 fully saturated rings. The Morgan fingerprint density at radius 1 is 0.278 bits per heavy atom. The van der Waals surface area contributed by atoms with Gasteiger partial charge in [0.1, 0.15) is 13.2 Å². The lowest BCUT2D eigenvalue weighted by Gasteiger charge is -2.18.